The minimum atomic E-state index is -0.879. The van der Waals surface area contributed by atoms with Crippen molar-refractivity contribution in [2.24, 2.45) is 0 Å². The summed E-state index contributed by atoms with van der Waals surface area (Å²) in [5.41, 5.74) is -0.746. The number of ether oxygens (including phenoxy) is 2. The Bertz CT molecular complexity index is 695. The lowest BCUT2D eigenvalue weighted by molar-refractivity contribution is 0.0183. The van der Waals surface area contributed by atoms with Crippen molar-refractivity contribution in [3.8, 4) is 6.07 Å². The van der Waals surface area contributed by atoms with Gasteiger partial charge in [-0.3, -0.25) is 0 Å². The number of rotatable bonds is 2. The summed E-state index contributed by atoms with van der Waals surface area (Å²) in [5, 5.41) is 9.82. The molecule has 2 heterocycles. The van der Waals surface area contributed by atoms with Gasteiger partial charge in [-0.2, -0.15) is 5.26 Å². The molecule has 0 atom stereocenters. The van der Waals surface area contributed by atoms with E-state index in [1.54, 1.807) is 17.0 Å². The number of nitriles is 1. The van der Waals surface area contributed by atoms with Crippen molar-refractivity contribution in [2.45, 2.75) is 44.6 Å². The van der Waals surface area contributed by atoms with Crippen LogP contribution in [0.25, 0.3) is 0 Å². The maximum Gasteiger partial charge on any atom is 0.410 e. The number of carbonyl (C=O) groups excluding carboxylic acids is 2. The zero-order chi connectivity index (χ0) is 18.7. The first-order valence-electron chi connectivity index (χ1n) is 8.15. The molecule has 7 heteroatoms. The fraction of sp³-hybridized carbons (Fsp3) is 0.556. The predicted molar refractivity (Wildman–Crippen MR) is 89.9 cm³/mol. The lowest BCUT2D eigenvalue weighted by Gasteiger charge is -2.38. The van der Waals surface area contributed by atoms with Crippen LogP contribution in [0.2, 0.25) is 0 Å². The molecule has 2 rings (SSSR count). The number of nitrogens with zero attached hydrogens (tertiary/aromatic N) is 3. The van der Waals surface area contributed by atoms with E-state index < -0.39 is 23.1 Å². The average molecular weight is 345 g/mol. The van der Waals surface area contributed by atoms with Gasteiger partial charge in [0.1, 0.15) is 5.60 Å². The first kappa shape index (κ1) is 18.7. The van der Waals surface area contributed by atoms with Gasteiger partial charge in [0.05, 0.1) is 18.6 Å². The molecule has 0 aromatic carbocycles. The predicted octanol–water partition coefficient (Wildman–Crippen LogP) is 2.66. The van der Waals surface area contributed by atoms with Crippen LogP contribution < -0.4 is 0 Å². The van der Waals surface area contributed by atoms with E-state index >= 15 is 0 Å². The molecule has 25 heavy (non-hydrogen) atoms. The number of aromatic nitrogens is 1. The largest absolute Gasteiger partial charge is 0.464 e. The molecule has 0 saturated carbocycles. The highest BCUT2D eigenvalue weighted by molar-refractivity contribution is 5.89. The Labute approximate surface area is 147 Å². The first-order valence-corrected chi connectivity index (χ1v) is 8.15. The second kappa shape index (κ2) is 7.09. The van der Waals surface area contributed by atoms with Gasteiger partial charge in [0.25, 0.3) is 0 Å². The molecule has 7 nitrogen and oxygen atoms in total. The molecule has 1 saturated heterocycles. The van der Waals surface area contributed by atoms with Crippen molar-refractivity contribution in [3.63, 3.8) is 0 Å². The number of hydrogen-bond acceptors (Lipinski definition) is 6. The molecule has 1 aromatic rings. The fourth-order valence-corrected chi connectivity index (χ4v) is 2.89. The van der Waals surface area contributed by atoms with Crippen LogP contribution >= 0.6 is 0 Å². The third-order valence-electron chi connectivity index (χ3n) is 4.18. The highest BCUT2D eigenvalue weighted by atomic mass is 16.6. The maximum atomic E-state index is 12.2. The SMILES string of the molecule is COC(=O)c1ncccc1C1(C#N)CCN(C(=O)OC(C)(C)C)CC1. The third-order valence-corrected chi connectivity index (χ3v) is 4.18. The van der Waals surface area contributed by atoms with Crippen LogP contribution in [0.5, 0.6) is 0 Å². The fourth-order valence-electron chi connectivity index (χ4n) is 2.89. The van der Waals surface area contributed by atoms with Crippen molar-refractivity contribution >= 4 is 12.1 Å². The molecule has 1 aromatic heterocycles. The molecule has 1 aliphatic rings. The number of piperidine rings is 1. The second-order valence-electron chi connectivity index (χ2n) is 7.05. The Morgan fingerprint density at radius 3 is 2.48 bits per heavy atom. The molecular weight excluding hydrogens is 322 g/mol. The lowest BCUT2D eigenvalue weighted by atomic mass is 9.73. The highest BCUT2D eigenvalue weighted by Crippen LogP contribution is 2.36. The normalized spacial score (nSPS) is 16.7. The van der Waals surface area contributed by atoms with Crippen molar-refractivity contribution in [1.29, 1.82) is 5.26 Å². The Morgan fingerprint density at radius 1 is 1.32 bits per heavy atom. The second-order valence-corrected chi connectivity index (χ2v) is 7.05. The van der Waals surface area contributed by atoms with Crippen LogP contribution in [-0.2, 0) is 14.9 Å². The van der Waals surface area contributed by atoms with Crippen LogP contribution in [0.4, 0.5) is 4.79 Å². The number of likely N-dealkylation sites (tertiary alicyclic amines) is 1. The number of hydrogen-bond donors (Lipinski definition) is 0. The van der Waals surface area contributed by atoms with Gasteiger partial charge in [-0.1, -0.05) is 6.07 Å². The van der Waals surface area contributed by atoms with Crippen molar-refractivity contribution in [2.75, 3.05) is 20.2 Å². The summed E-state index contributed by atoms with van der Waals surface area (Å²) >= 11 is 0. The molecule has 1 aliphatic heterocycles. The Morgan fingerprint density at radius 2 is 1.96 bits per heavy atom. The van der Waals surface area contributed by atoms with E-state index in [2.05, 4.69) is 11.1 Å². The number of pyridine rings is 1. The van der Waals surface area contributed by atoms with Gasteiger partial charge >= 0.3 is 12.1 Å². The molecule has 0 aliphatic carbocycles. The summed E-state index contributed by atoms with van der Waals surface area (Å²) in [6, 6.07) is 5.76. The van der Waals surface area contributed by atoms with Crippen LogP contribution in [0, 0.1) is 11.3 Å². The molecule has 1 amide bonds. The van der Waals surface area contributed by atoms with E-state index in [0.717, 1.165) is 0 Å². The quantitative estimate of drug-likeness (QED) is 0.765. The van der Waals surface area contributed by atoms with Gasteiger partial charge in [-0.05, 0) is 39.7 Å². The zero-order valence-corrected chi connectivity index (χ0v) is 15.0. The molecule has 0 N–H and O–H groups in total. The number of esters is 1. The van der Waals surface area contributed by atoms with E-state index in [1.165, 1.54) is 13.3 Å². The van der Waals surface area contributed by atoms with Crippen molar-refractivity contribution in [1.82, 2.24) is 9.88 Å². The van der Waals surface area contributed by atoms with E-state index in [0.29, 0.717) is 31.5 Å². The van der Waals surface area contributed by atoms with E-state index in [1.807, 2.05) is 20.8 Å². The van der Waals surface area contributed by atoms with E-state index in [4.69, 9.17) is 9.47 Å². The molecule has 1 fully saturated rings. The Hall–Kier alpha value is -2.62. The van der Waals surface area contributed by atoms with Crippen molar-refractivity contribution in [3.05, 3.63) is 29.6 Å². The zero-order valence-electron chi connectivity index (χ0n) is 15.0. The van der Waals surface area contributed by atoms with Crippen LogP contribution in [0.15, 0.2) is 18.3 Å². The van der Waals surface area contributed by atoms with Crippen LogP contribution in [0.1, 0.15) is 49.7 Å². The molecule has 0 radical (unpaired) electrons. The van der Waals surface area contributed by atoms with E-state index in [9.17, 15) is 14.9 Å². The lowest BCUT2D eigenvalue weighted by Crippen LogP contribution is -2.46. The molecule has 0 spiro atoms. The summed E-state index contributed by atoms with van der Waals surface area (Å²) < 4.78 is 10.2. The topological polar surface area (TPSA) is 92.5 Å². The summed E-state index contributed by atoms with van der Waals surface area (Å²) in [6.07, 6.45) is 1.91. The molecular formula is C18H23N3O4. The van der Waals surface area contributed by atoms with Crippen molar-refractivity contribution < 1.29 is 19.1 Å². The summed E-state index contributed by atoms with van der Waals surface area (Å²) in [4.78, 5) is 29.9. The Balaban J connectivity index is 2.22. The van der Waals surface area contributed by atoms with Gasteiger partial charge in [0.2, 0.25) is 0 Å². The number of methoxy groups -OCH3 is 1. The van der Waals surface area contributed by atoms with Gasteiger partial charge in [0, 0.05) is 24.8 Å². The minimum absolute atomic E-state index is 0.150. The number of carbonyl (C=O) groups is 2. The van der Waals surface area contributed by atoms with E-state index in [-0.39, 0.29) is 5.69 Å². The van der Waals surface area contributed by atoms with Gasteiger partial charge in [-0.15, -0.1) is 0 Å². The average Bonchev–Trinajstić information content (AvgIpc) is 2.59. The molecule has 0 bridgehead atoms. The monoisotopic (exact) mass is 345 g/mol. The van der Waals surface area contributed by atoms with Crippen LogP contribution in [0.3, 0.4) is 0 Å². The summed E-state index contributed by atoms with van der Waals surface area (Å²) in [6.45, 7) is 6.18. The summed E-state index contributed by atoms with van der Waals surface area (Å²) in [7, 11) is 1.28. The van der Waals surface area contributed by atoms with Crippen LogP contribution in [-0.4, -0.2) is 47.7 Å². The van der Waals surface area contributed by atoms with Gasteiger partial charge in [0.15, 0.2) is 5.69 Å². The Kier molecular flexibility index (Phi) is 5.31. The van der Waals surface area contributed by atoms with Gasteiger partial charge in [-0.25, -0.2) is 14.6 Å². The standard InChI is InChI=1S/C18H23N3O4/c1-17(2,3)25-16(23)21-10-7-18(12-19,8-11-21)13-6-5-9-20-14(13)15(22)24-4/h5-6,9H,7-8,10-11H2,1-4H3. The smallest absolute Gasteiger partial charge is 0.410 e. The third kappa shape index (κ3) is 4.08. The highest BCUT2D eigenvalue weighted by Gasteiger charge is 2.41. The minimum Gasteiger partial charge on any atom is -0.464 e. The number of amides is 1. The first-order chi connectivity index (χ1) is 11.7. The molecule has 0 unspecified atom stereocenters. The van der Waals surface area contributed by atoms with Gasteiger partial charge < -0.3 is 14.4 Å². The maximum absolute atomic E-state index is 12.2. The molecule has 134 valence electrons. The summed E-state index contributed by atoms with van der Waals surface area (Å²) in [5.74, 6) is -0.570.